The molecule has 5 atom stereocenters. The Morgan fingerprint density at radius 2 is 2.03 bits per heavy atom. The number of piperidine rings is 3. The number of alkyl halides is 3. The highest BCUT2D eigenvalue weighted by atomic mass is 32.1. The summed E-state index contributed by atoms with van der Waals surface area (Å²) >= 11 is 5.70. The minimum absolute atomic E-state index is 0.180. The van der Waals surface area contributed by atoms with Gasteiger partial charge in [0, 0.05) is 29.9 Å². The van der Waals surface area contributed by atoms with Gasteiger partial charge in [-0.3, -0.25) is 9.88 Å². The topological polar surface area (TPSA) is 49.4 Å². The fourth-order valence-corrected chi connectivity index (χ4v) is 6.49. The van der Waals surface area contributed by atoms with Crippen LogP contribution >= 0.6 is 12.2 Å². The van der Waals surface area contributed by atoms with Crippen LogP contribution in [0.3, 0.4) is 0 Å². The number of fused-ring (bicyclic) bond motifs is 4. The van der Waals surface area contributed by atoms with Gasteiger partial charge in [-0.15, -0.1) is 0 Å². The average molecular weight is 543 g/mol. The molecule has 202 valence electrons. The van der Waals surface area contributed by atoms with Crippen LogP contribution in [0.2, 0.25) is 0 Å². The predicted molar refractivity (Wildman–Crippen MR) is 148 cm³/mol. The highest BCUT2D eigenvalue weighted by Crippen LogP contribution is 2.43. The van der Waals surface area contributed by atoms with E-state index in [1.165, 1.54) is 6.42 Å². The van der Waals surface area contributed by atoms with Crippen LogP contribution in [-0.4, -0.2) is 41.2 Å². The van der Waals surface area contributed by atoms with Crippen LogP contribution in [0.25, 0.3) is 10.9 Å². The molecule has 5 nitrogen and oxygen atoms in total. The summed E-state index contributed by atoms with van der Waals surface area (Å²) in [6.45, 7) is 5.98. The Balaban J connectivity index is 1.49. The van der Waals surface area contributed by atoms with Crippen molar-refractivity contribution in [1.82, 2.24) is 15.2 Å². The first kappa shape index (κ1) is 26.7. The summed E-state index contributed by atoms with van der Waals surface area (Å²) in [4.78, 5) is 7.11. The lowest BCUT2D eigenvalue weighted by atomic mass is 9.72. The third kappa shape index (κ3) is 5.45. The number of thiocarbonyl (C=S) groups is 1. The molecule has 2 aromatic carbocycles. The maximum atomic E-state index is 13.4. The molecule has 3 aliphatic heterocycles. The number of ether oxygens (including phenoxy) is 1. The van der Waals surface area contributed by atoms with Gasteiger partial charge in [-0.2, -0.15) is 13.2 Å². The number of hydrogen-bond donors (Lipinski definition) is 2. The molecule has 4 heterocycles. The van der Waals surface area contributed by atoms with Crippen LogP contribution in [0.4, 0.5) is 18.9 Å². The van der Waals surface area contributed by atoms with Crippen molar-refractivity contribution in [2.45, 2.75) is 51.4 Å². The first-order valence-corrected chi connectivity index (χ1v) is 13.5. The van der Waals surface area contributed by atoms with E-state index in [0.717, 1.165) is 60.3 Å². The molecule has 1 aromatic heterocycles. The first-order valence-electron chi connectivity index (χ1n) is 13.1. The number of benzene rings is 2. The van der Waals surface area contributed by atoms with Gasteiger partial charge in [0.25, 0.3) is 0 Å². The van der Waals surface area contributed by atoms with Gasteiger partial charge in [0.2, 0.25) is 0 Å². The van der Waals surface area contributed by atoms with Crippen molar-refractivity contribution in [3.05, 3.63) is 65.4 Å². The first-order chi connectivity index (χ1) is 18.2. The molecule has 6 rings (SSSR count). The zero-order valence-electron chi connectivity index (χ0n) is 21.8. The Morgan fingerprint density at radius 1 is 1.21 bits per heavy atom. The molecule has 2 bridgehead atoms. The number of halogens is 3. The number of nitrogens with zero attached hydrogens (tertiary/aromatic N) is 2. The zero-order chi connectivity index (χ0) is 27.0. The molecule has 0 aliphatic carbocycles. The van der Waals surface area contributed by atoms with Crippen molar-refractivity contribution in [1.29, 1.82) is 0 Å². The maximum Gasteiger partial charge on any atom is 0.416 e. The number of aromatic nitrogens is 1. The van der Waals surface area contributed by atoms with Crippen LogP contribution in [0.5, 0.6) is 5.75 Å². The normalized spacial score (nSPS) is 23.7. The number of aryl methyl sites for hydroxylation is 1. The van der Waals surface area contributed by atoms with Crippen LogP contribution < -0.4 is 15.4 Å². The molecule has 3 fully saturated rings. The standard InChI is InChI=1S/C29H33F3N4OS/c1-4-18-16-36-10-8-19(18)13-26(36)27(23-7-9-33-25-6-5-22(37-3)15-24(23)25)35-28(38)34-21-12-17(2)11-20(14-21)29(30,31)32/h5-7,9,11-12,14-15,18-19,26-27H,4,8,10,13,16H2,1-3H3,(H2,34,35,38)/t18?,19?,26?,27-/m1/s1. The summed E-state index contributed by atoms with van der Waals surface area (Å²) in [5, 5.41) is 7.79. The number of hydrogen-bond acceptors (Lipinski definition) is 4. The zero-order valence-corrected chi connectivity index (χ0v) is 22.6. The Labute approximate surface area is 226 Å². The molecule has 4 unspecified atom stereocenters. The molecule has 0 spiro atoms. The van der Waals surface area contributed by atoms with Crippen molar-refractivity contribution < 1.29 is 17.9 Å². The molecular formula is C29H33F3N4OS. The maximum absolute atomic E-state index is 13.4. The van der Waals surface area contributed by atoms with Crippen LogP contribution in [-0.2, 0) is 6.18 Å². The van der Waals surface area contributed by atoms with E-state index in [-0.39, 0.29) is 17.2 Å². The van der Waals surface area contributed by atoms with E-state index in [1.54, 1.807) is 26.3 Å². The van der Waals surface area contributed by atoms with Gasteiger partial charge in [0.05, 0.1) is 24.2 Å². The van der Waals surface area contributed by atoms with Crippen LogP contribution in [0.15, 0.2) is 48.7 Å². The van der Waals surface area contributed by atoms with Crippen molar-refractivity contribution in [3.8, 4) is 5.75 Å². The van der Waals surface area contributed by atoms with Gasteiger partial charge in [-0.05, 0) is 104 Å². The smallest absolute Gasteiger partial charge is 0.416 e. The summed E-state index contributed by atoms with van der Waals surface area (Å²) in [6.07, 6.45) is 0.764. The lowest BCUT2D eigenvalue weighted by Gasteiger charge is -2.52. The van der Waals surface area contributed by atoms with Crippen LogP contribution in [0, 0.1) is 18.8 Å². The molecule has 2 N–H and O–H groups in total. The second-order valence-corrected chi connectivity index (χ2v) is 10.9. The van der Waals surface area contributed by atoms with E-state index >= 15 is 0 Å². The fourth-order valence-electron chi connectivity index (χ4n) is 6.24. The van der Waals surface area contributed by atoms with Gasteiger partial charge >= 0.3 is 6.18 Å². The lowest BCUT2D eigenvalue weighted by Crippen LogP contribution is -2.58. The second kappa shape index (κ2) is 10.7. The van der Waals surface area contributed by atoms with Crippen molar-refractivity contribution in [3.63, 3.8) is 0 Å². The van der Waals surface area contributed by atoms with Gasteiger partial charge < -0.3 is 15.4 Å². The molecule has 3 saturated heterocycles. The Kier molecular flexibility index (Phi) is 7.51. The summed E-state index contributed by atoms with van der Waals surface area (Å²) in [7, 11) is 1.64. The third-order valence-corrected chi connectivity index (χ3v) is 8.33. The van der Waals surface area contributed by atoms with Crippen molar-refractivity contribution >= 4 is 33.9 Å². The van der Waals surface area contributed by atoms with Crippen LogP contribution in [0.1, 0.15) is 48.9 Å². The quantitative estimate of drug-likeness (QED) is 0.338. The largest absolute Gasteiger partial charge is 0.497 e. The number of methoxy groups -OCH3 is 1. The summed E-state index contributed by atoms with van der Waals surface area (Å²) in [5.41, 5.74) is 2.02. The minimum atomic E-state index is -4.43. The summed E-state index contributed by atoms with van der Waals surface area (Å²) in [6, 6.07) is 11.7. The molecule has 0 radical (unpaired) electrons. The second-order valence-electron chi connectivity index (χ2n) is 10.5. The van der Waals surface area contributed by atoms with Gasteiger partial charge in [0.1, 0.15) is 5.75 Å². The van der Waals surface area contributed by atoms with Gasteiger partial charge in [-0.1, -0.05) is 13.3 Å². The molecule has 9 heteroatoms. The fraction of sp³-hybridized carbons (Fsp3) is 0.448. The number of anilines is 1. The summed E-state index contributed by atoms with van der Waals surface area (Å²) in [5.74, 6) is 2.07. The highest BCUT2D eigenvalue weighted by Gasteiger charge is 2.43. The Morgan fingerprint density at radius 3 is 2.71 bits per heavy atom. The monoisotopic (exact) mass is 542 g/mol. The van der Waals surface area contributed by atoms with Crippen molar-refractivity contribution in [2.75, 3.05) is 25.5 Å². The predicted octanol–water partition coefficient (Wildman–Crippen LogP) is 6.72. The average Bonchev–Trinajstić information content (AvgIpc) is 2.90. The number of nitrogens with one attached hydrogen (secondary N) is 2. The van der Waals surface area contributed by atoms with E-state index in [4.69, 9.17) is 17.0 Å². The molecule has 38 heavy (non-hydrogen) atoms. The lowest BCUT2D eigenvalue weighted by molar-refractivity contribution is -0.137. The minimum Gasteiger partial charge on any atom is -0.497 e. The van der Waals surface area contributed by atoms with E-state index in [1.807, 2.05) is 24.3 Å². The molecular weight excluding hydrogens is 509 g/mol. The van der Waals surface area contributed by atoms with Crippen molar-refractivity contribution in [2.24, 2.45) is 11.8 Å². The highest BCUT2D eigenvalue weighted by molar-refractivity contribution is 7.80. The van der Waals surface area contributed by atoms with Gasteiger partial charge in [0.15, 0.2) is 5.11 Å². The van der Waals surface area contributed by atoms with E-state index in [0.29, 0.717) is 23.1 Å². The Hall–Kier alpha value is -2.91. The molecule has 0 amide bonds. The van der Waals surface area contributed by atoms with Gasteiger partial charge in [-0.25, -0.2) is 0 Å². The van der Waals surface area contributed by atoms with E-state index in [2.05, 4.69) is 27.4 Å². The third-order valence-electron chi connectivity index (χ3n) is 8.11. The Bertz CT molecular complexity index is 1330. The molecule has 3 aliphatic rings. The summed E-state index contributed by atoms with van der Waals surface area (Å²) < 4.78 is 45.8. The SMILES string of the molecule is CCC1CN2CCC1CC2[C@H](NC(=S)Nc1cc(C)cc(C(F)(F)F)c1)c1ccnc2ccc(OC)cc12. The van der Waals surface area contributed by atoms with E-state index < -0.39 is 11.7 Å². The molecule has 3 aromatic rings. The van der Waals surface area contributed by atoms with E-state index in [9.17, 15) is 13.2 Å². The number of pyridine rings is 1. The molecule has 0 saturated carbocycles. The number of rotatable bonds is 6.